The van der Waals surface area contributed by atoms with Crippen LogP contribution in [0.1, 0.15) is 5.56 Å². The third-order valence-electron chi connectivity index (χ3n) is 1.93. The molecule has 7 heteroatoms. The van der Waals surface area contributed by atoms with Crippen molar-refractivity contribution in [1.82, 2.24) is 9.97 Å². The van der Waals surface area contributed by atoms with Crippen LogP contribution in [0.5, 0.6) is 0 Å². The number of nitrogens with two attached hydrogens (primary N) is 1. The van der Waals surface area contributed by atoms with Gasteiger partial charge in [-0.15, -0.1) is 0 Å². The Labute approximate surface area is 87.5 Å². The van der Waals surface area contributed by atoms with E-state index in [9.17, 15) is 13.2 Å². The van der Waals surface area contributed by atoms with Crippen LogP contribution < -0.4 is 5.73 Å². The molecular formula is C9H7F4N3. The predicted molar refractivity (Wildman–Crippen MR) is 51.5 cm³/mol. The number of anilines is 1. The van der Waals surface area contributed by atoms with E-state index in [0.29, 0.717) is 5.39 Å². The van der Waals surface area contributed by atoms with Crippen LogP contribution in [0.4, 0.5) is 23.8 Å². The van der Waals surface area contributed by atoms with Crippen molar-refractivity contribution >= 4 is 16.9 Å². The van der Waals surface area contributed by atoms with E-state index in [4.69, 9.17) is 5.73 Å². The van der Waals surface area contributed by atoms with Crippen molar-refractivity contribution in [2.75, 3.05) is 5.73 Å². The van der Waals surface area contributed by atoms with E-state index in [1.807, 2.05) is 0 Å². The van der Waals surface area contributed by atoms with E-state index in [-0.39, 0.29) is 16.2 Å². The normalized spacial score (nSPS) is 11.2. The molecule has 0 radical (unpaired) electrons. The van der Waals surface area contributed by atoms with Gasteiger partial charge in [-0.3, -0.25) is 4.70 Å². The van der Waals surface area contributed by atoms with Crippen molar-refractivity contribution < 1.29 is 17.9 Å². The summed E-state index contributed by atoms with van der Waals surface area (Å²) in [6.45, 7) is 0. The second kappa shape index (κ2) is 3.92. The summed E-state index contributed by atoms with van der Waals surface area (Å²) in [7, 11) is 0. The topological polar surface area (TPSA) is 51.8 Å². The standard InChI is InChI=1S/C9H6F3N3.FH/c10-9(11,12)6-3-1-2-5-4-14-8(13)15-7(5)6;/h1-4H,(H2,13,14,15);1H. The molecule has 0 atom stereocenters. The molecule has 2 rings (SSSR count). The number of nitrogens with zero attached hydrogens (tertiary/aromatic N) is 2. The van der Waals surface area contributed by atoms with Crippen molar-refractivity contribution in [2.24, 2.45) is 0 Å². The largest absolute Gasteiger partial charge is 0.418 e. The van der Waals surface area contributed by atoms with Gasteiger partial charge in [-0.25, -0.2) is 9.97 Å². The molecule has 0 saturated carbocycles. The minimum atomic E-state index is -4.43. The van der Waals surface area contributed by atoms with E-state index in [1.54, 1.807) is 0 Å². The number of benzene rings is 1. The van der Waals surface area contributed by atoms with Gasteiger partial charge in [0.2, 0.25) is 5.95 Å². The van der Waals surface area contributed by atoms with E-state index >= 15 is 0 Å². The Hall–Kier alpha value is -1.92. The first-order valence-corrected chi connectivity index (χ1v) is 4.07. The highest BCUT2D eigenvalue weighted by Crippen LogP contribution is 2.33. The monoisotopic (exact) mass is 233 g/mol. The van der Waals surface area contributed by atoms with Crippen LogP contribution in [0.3, 0.4) is 0 Å². The lowest BCUT2D eigenvalue weighted by atomic mass is 10.1. The van der Waals surface area contributed by atoms with Gasteiger partial charge < -0.3 is 5.73 Å². The molecule has 0 bridgehead atoms. The molecule has 0 fully saturated rings. The fourth-order valence-corrected chi connectivity index (χ4v) is 1.30. The van der Waals surface area contributed by atoms with Gasteiger partial charge in [0.15, 0.2) is 0 Å². The first-order chi connectivity index (χ1) is 6.98. The lowest BCUT2D eigenvalue weighted by Gasteiger charge is -2.08. The summed E-state index contributed by atoms with van der Waals surface area (Å²) in [5.74, 6) is -0.167. The van der Waals surface area contributed by atoms with Gasteiger partial charge >= 0.3 is 6.18 Å². The van der Waals surface area contributed by atoms with Crippen LogP contribution in [0.15, 0.2) is 24.4 Å². The SMILES string of the molecule is F.Nc1ncc2cccc(C(F)(F)F)c2n1. The summed E-state index contributed by atoms with van der Waals surface area (Å²) in [6, 6.07) is 3.78. The Morgan fingerprint density at radius 2 is 1.88 bits per heavy atom. The van der Waals surface area contributed by atoms with Crippen molar-refractivity contribution in [3.05, 3.63) is 30.0 Å². The van der Waals surface area contributed by atoms with Crippen molar-refractivity contribution in [3.8, 4) is 0 Å². The zero-order valence-electron chi connectivity index (χ0n) is 7.82. The molecule has 2 N–H and O–H groups in total. The van der Waals surface area contributed by atoms with E-state index < -0.39 is 11.7 Å². The number of nitrogen functional groups attached to an aromatic ring is 1. The third-order valence-corrected chi connectivity index (χ3v) is 1.93. The summed E-state index contributed by atoms with van der Waals surface area (Å²) in [4.78, 5) is 7.22. The molecule has 16 heavy (non-hydrogen) atoms. The molecule has 0 aliphatic rings. The molecule has 0 aliphatic heterocycles. The average Bonchev–Trinajstić information content (AvgIpc) is 2.15. The summed E-state index contributed by atoms with van der Waals surface area (Å²) < 4.78 is 37.6. The minimum absolute atomic E-state index is 0. The smallest absolute Gasteiger partial charge is 0.368 e. The maximum absolute atomic E-state index is 12.5. The highest BCUT2D eigenvalue weighted by atomic mass is 19.4. The van der Waals surface area contributed by atoms with Crippen LogP contribution in [-0.2, 0) is 6.18 Å². The molecule has 0 aliphatic carbocycles. The number of rotatable bonds is 0. The van der Waals surface area contributed by atoms with Gasteiger partial charge in [0.05, 0.1) is 11.1 Å². The van der Waals surface area contributed by atoms with Crippen molar-refractivity contribution in [2.45, 2.75) is 6.18 Å². The molecule has 0 amide bonds. The fraction of sp³-hybridized carbons (Fsp3) is 0.111. The van der Waals surface area contributed by atoms with Gasteiger partial charge in [0.1, 0.15) is 0 Å². The lowest BCUT2D eigenvalue weighted by Crippen LogP contribution is -2.07. The predicted octanol–water partition coefficient (Wildman–Crippen LogP) is 2.38. The van der Waals surface area contributed by atoms with Crippen LogP contribution >= 0.6 is 0 Å². The fourth-order valence-electron chi connectivity index (χ4n) is 1.30. The number of hydrogen-bond donors (Lipinski definition) is 1. The highest BCUT2D eigenvalue weighted by molar-refractivity contribution is 5.82. The Bertz CT molecular complexity index is 510. The molecule has 1 heterocycles. The zero-order valence-corrected chi connectivity index (χ0v) is 7.82. The van der Waals surface area contributed by atoms with Crippen LogP contribution in [0.25, 0.3) is 10.9 Å². The van der Waals surface area contributed by atoms with Crippen molar-refractivity contribution in [1.29, 1.82) is 0 Å². The first kappa shape index (κ1) is 12.2. The van der Waals surface area contributed by atoms with Gasteiger partial charge in [0.25, 0.3) is 0 Å². The van der Waals surface area contributed by atoms with E-state index in [1.165, 1.54) is 18.3 Å². The Morgan fingerprint density at radius 3 is 2.50 bits per heavy atom. The number of hydrogen-bond acceptors (Lipinski definition) is 3. The molecular weight excluding hydrogens is 226 g/mol. The summed E-state index contributed by atoms with van der Waals surface area (Å²) >= 11 is 0. The molecule has 86 valence electrons. The molecule has 1 aromatic heterocycles. The molecule has 0 saturated heterocycles. The van der Waals surface area contributed by atoms with E-state index in [0.717, 1.165) is 6.07 Å². The lowest BCUT2D eigenvalue weighted by molar-refractivity contribution is -0.136. The van der Waals surface area contributed by atoms with Crippen LogP contribution in [0, 0.1) is 0 Å². The van der Waals surface area contributed by atoms with Crippen LogP contribution in [0.2, 0.25) is 0 Å². The third kappa shape index (κ3) is 2.02. The quantitative estimate of drug-likeness (QED) is 0.711. The highest BCUT2D eigenvalue weighted by Gasteiger charge is 2.33. The number of halogens is 4. The number of para-hydroxylation sites is 1. The Kier molecular flexibility index (Phi) is 2.97. The maximum Gasteiger partial charge on any atom is 0.418 e. The Balaban J connectivity index is 0.00000128. The zero-order chi connectivity index (χ0) is 11.1. The summed E-state index contributed by atoms with van der Waals surface area (Å²) in [5.41, 5.74) is 4.28. The number of aromatic nitrogens is 2. The maximum atomic E-state index is 12.5. The summed E-state index contributed by atoms with van der Waals surface area (Å²) in [5, 5.41) is 0.319. The van der Waals surface area contributed by atoms with Crippen LogP contribution in [-0.4, -0.2) is 9.97 Å². The molecule has 0 unspecified atom stereocenters. The van der Waals surface area contributed by atoms with Gasteiger partial charge in [0, 0.05) is 11.6 Å². The number of alkyl halides is 3. The first-order valence-electron chi connectivity index (χ1n) is 4.07. The molecule has 3 nitrogen and oxygen atoms in total. The number of fused-ring (bicyclic) bond motifs is 1. The average molecular weight is 233 g/mol. The molecule has 2 aromatic rings. The second-order valence-electron chi connectivity index (χ2n) is 2.97. The molecule has 1 aromatic carbocycles. The van der Waals surface area contributed by atoms with Gasteiger partial charge in [-0.05, 0) is 6.07 Å². The van der Waals surface area contributed by atoms with E-state index in [2.05, 4.69) is 9.97 Å². The second-order valence-corrected chi connectivity index (χ2v) is 2.97. The molecule has 0 spiro atoms. The van der Waals surface area contributed by atoms with Gasteiger partial charge in [-0.2, -0.15) is 13.2 Å². The van der Waals surface area contributed by atoms with Gasteiger partial charge in [-0.1, -0.05) is 12.1 Å². The minimum Gasteiger partial charge on any atom is -0.368 e. The summed E-state index contributed by atoms with van der Waals surface area (Å²) in [6.07, 6.45) is -3.16. The Morgan fingerprint density at radius 1 is 1.19 bits per heavy atom. The van der Waals surface area contributed by atoms with Crippen molar-refractivity contribution in [3.63, 3.8) is 0 Å².